The van der Waals surface area contributed by atoms with Crippen LogP contribution >= 0.6 is 36.4 Å². The van der Waals surface area contributed by atoms with Crippen molar-refractivity contribution < 1.29 is 4.79 Å². The van der Waals surface area contributed by atoms with Crippen molar-refractivity contribution in [2.24, 2.45) is 11.3 Å². The number of benzene rings is 1. The SMILES string of the molecule is Cl.Cl.O=C(NCC(c1cccc(Cl)c1)N1CCCC1)C1CC12CCNCC2. The molecular formula is C20H30Cl3N3O. The molecule has 27 heavy (non-hydrogen) atoms. The zero-order chi connectivity index (χ0) is 17.3. The van der Waals surface area contributed by atoms with Crippen LogP contribution in [0.3, 0.4) is 0 Å². The monoisotopic (exact) mass is 433 g/mol. The Morgan fingerprint density at radius 3 is 2.63 bits per heavy atom. The minimum atomic E-state index is 0. The fraction of sp³-hybridized carbons (Fsp3) is 0.650. The molecule has 4 rings (SSSR count). The van der Waals surface area contributed by atoms with Crippen LogP contribution in [0.5, 0.6) is 0 Å². The summed E-state index contributed by atoms with van der Waals surface area (Å²) >= 11 is 6.20. The van der Waals surface area contributed by atoms with Crippen molar-refractivity contribution in [1.29, 1.82) is 0 Å². The number of hydrogen-bond donors (Lipinski definition) is 2. The largest absolute Gasteiger partial charge is 0.354 e. The molecule has 0 aromatic heterocycles. The maximum atomic E-state index is 12.7. The minimum absolute atomic E-state index is 0. The van der Waals surface area contributed by atoms with E-state index in [4.69, 9.17) is 11.6 Å². The molecule has 2 atom stereocenters. The maximum absolute atomic E-state index is 12.7. The molecule has 2 saturated heterocycles. The minimum Gasteiger partial charge on any atom is -0.354 e. The molecule has 1 saturated carbocycles. The lowest BCUT2D eigenvalue weighted by Crippen LogP contribution is -2.39. The van der Waals surface area contributed by atoms with Gasteiger partial charge in [0.05, 0.1) is 6.04 Å². The van der Waals surface area contributed by atoms with E-state index in [1.807, 2.05) is 18.2 Å². The molecular weight excluding hydrogens is 405 g/mol. The summed E-state index contributed by atoms with van der Waals surface area (Å²) < 4.78 is 0. The summed E-state index contributed by atoms with van der Waals surface area (Å²) in [6, 6.07) is 8.32. The quantitative estimate of drug-likeness (QED) is 0.740. The first-order chi connectivity index (χ1) is 12.2. The van der Waals surface area contributed by atoms with E-state index in [0.717, 1.165) is 50.5 Å². The Bertz CT molecular complexity index is 631. The van der Waals surface area contributed by atoms with Crippen LogP contribution in [-0.4, -0.2) is 43.5 Å². The number of hydrogen-bond acceptors (Lipinski definition) is 3. The van der Waals surface area contributed by atoms with E-state index in [0.29, 0.717) is 12.0 Å². The second-order valence-corrected chi connectivity index (χ2v) is 8.36. The number of rotatable bonds is 5. The molecule has 4 nitrogen and oxygen atoms in total. The number of amides is 1. The first-order valence-electron chi connectivity index (χ1n) is 9.66. The van der Waals surface area contributed by atoms with Gasteiger partial charge in [-0.15, -0.1) is 24.8 Å². The smallest absolute Gasteiger partial charge is 0.223 e. The van der Waals surface area contributed by atoms with Gasteiger partial charge in [-0.1, -0.05) is 23.7 Å². The Morgan fingerprint density at radius 1 is 1.26 bits per heavy atom. The van der Waals surface area contributed by atoms with Gasteiger partial charge in [0.2, 0.25) is 5.91 Å². The first-order valence-corrected chi connectivity index (χ1v) is 10.0. The lowest BCUT2D eigenvalue weighted by Gasteiger charge is -2.29. The van der Waals surface area contributed by atoms with Crippen LogP contribution in [0.2, 0.25) is 5.02 Å². The summed E-state index contributed by atoms with van der Waals surface area (Å²) in [7, 11) is 0. The lowest BCUT2D eigenvalue weighted by atomic mass is 9.91. The molecule has 1 amide bonds. The summed E-state index contributed by atoms with van der Waals surface area (Å²) in [6.45, 7) is 5.01. The normalized spacial score (nSPS) is 24.6. The summed E-state index contributed by atoms with van der Waals surface area (Å²) in [5, 5.41) is 7.44. The van der Waals surface area contributed by atoms with Gasteiger partial charge in [-0.05, 0) is 81.4 Å². The van der Waals surface area contributed by atoms with Gasteiger partial charge >= 0.3 is 0 Å². The number of nitrogens with zero attached hydrogens (tertiary/aromatic N) is 1. The fourth-order valence-electron chi connectivity index (χ4n) is 4.74. The first kappa shape index (κ1) is 22.8. The second-order valence-electron chi connectivity index (χ2n) is 7.93. The van der Waals surface area contributed by atoms with Crippen LogP contribution in [0.25, 0.3) is 0 Å². The van der Waals surface area contributed by atoms with Crippen LogP contribution in [0.15, 0.2) is 24.3 Å². The number of carbonyl (C=O) groups excluding carboxylic acids is 1. The van der Waals surface area contributed by atoms with Crippen molar-refractivity contribution in [2.75, 3.05) is 32.7 Å². The van der Waals surface area contributed by atoms with E-state index in [9.17, 15) is 4.79 Å². The summed E-state index contributed by atoms with van der Waals surface area (Å²) in [5.41, 5.74) is 1.51. The van der Waals surface area contributed by atoms with Crippen LogP contribution in [0, 0.1) is 11.3 Å². The van der Waals surface area contributed by atoms with E-state index >= 15 is 0 Å². The number of nitrogens with one attached hydrogen (secondary N) is 2. The van der Waals surface area contributed by atoms with Gasteiger partial charge in [-0.3, -0.25) is 9.69 Å². The Hall–Kier alpha value is -0.520. The van der Waals surface area contributed by atoms with Crippen molar-refractivity contribution in [3.63, 3.8) is 0 Å². The standard InChI is InChI=1S/C20H28ClN3O.2ClH/c21-16-5-3-4-15(12-16)18(24-10-1-2-11-24)14-23-19(25)17-13-20(17)6-8-22-9-7-20;;/h3-5,12,17-18,22H,1-2,6-11,13-14H2,(H,23,25);2*1H. The molecule has 3 aliphatic rings. The van der Waals surface area contributed by atoms with Gasteiger partial charge in [-0.25, -0.2) is 0 Å². The average Bonchev–Trinajstić information content (AvgIpc) is 3.05. The zero-order valence-corrected chi connectivity index (χ0v) is 18.0. The van der Waals surface area contributed by atoms with E-state index in [1.54, 1.807) is 0 Å². The molecule has 2 aliphatic heterocycles. The van der Waals surface area contributed by atoms with Gasteiger partial charge in [-0.2, -0.15) is 0 Å². The Kier molecular flexibility index (Phi) is 8.26. The van der Waals surface area contributed by atoms with Crippen molar-refractivity contribution >= 4 is 42.3 Å². The number of piperidine rings is 1. The zero-order valence-electron chi connectivity index (χ0n) is 15.6. The van der Waals surface area contributed by atoms with Crippen LogP contribution in [0.1, 0.15) is 43.7 Å². The average molecular weight is 435 g/mol. The lowest BCUT2D eigenvalue weighted by molar-refractivity contribution is -0.123. The fourth-order valence-corrected chi connectivity index (χ4v) is 4.94. The Balaban J connectivity index is 0.00000131. The van der Waals surface area contributed by atoms with Gasteiger partial charge in [0.1, 0.15) is 0 Å². The highest BCUT2D eigenvalue weighted by atomic mass is 35.5. The highest BCUT2D eigenvalue weighted by molar-refractivity contribution is 6.30. The topological polar surface area (TPSA) is 44.4 Å². The molecule has 7 heteroatoms. The molecule has 1 aromatic carbocycles. The molecule has 1 aromatic rings. The third kappa shape index (κ3) is 5.10. The van der Waals surface area contributed by atoms with Crippen molar-refractivity contribution in [3.8, 4) is 0 Å². The van der Waals surface area contributed by atoms with E-state index in [2.05, 4.69) is 21.6 Å². The third-order valence-electron chi connectivity index (χ3n) is 6.39. The van der Waals surface area contributed by atoms with Crippen molar-refractivity contribution in [2.45, 2.75) is 38.1 Å². The predicted molar refractivity (Wildman–Crippen MR) is 115 cm³/mol. The molecule has 1 aliphatic carbocycles. The molecule has 1 spiro atoms. The molecule has 2 heterocycles. The van der Waals surface area contributed by atoms with Gasteiger partial charge in [0, 0.05) is 17.5 Å². The van der Waals surface area contributed by atoms with E-state index in [-0.39, 0.29) is 42.7 Å². The molecule has 0 radical (unpaired) electrons. The van der Waals surface area contributed by atoms with Gasteiger partial charge in [0.25, 0.3) is 0 Å². The molecule has 2 unspecified atom stereocenters. The van der Waals surface area contributed by atoms with Gasteiger partial charge in [0.15, 0.2) is 0 Å². The van der Waals surface area contributed by atoms with Crippen LogP contribution in [0.4, 0.5) is 0 Å². The summed E-state index contributed by atoms with van der Waals surface area (Å²) in [4.78, 5) is 15.2. The molecule has 3 fully saturated rings. The third-order valence-corrected chi connectivity index (χ3v) is 6.63. The molecule has 152 valence electrons. The summed E-state index contributed by atoms with van der Waals surface area (Å²) in [5.74, 6) is 0.487. The number of halogens is 3. The highest BCUT2D eigenvalue weighted by Crippen LogP contribution is 2.58. The number of carbonyl (C=O) groups is 1. The number of likely N-dealkylation sites (tertiary alicyclic amines) is 1. The summed E-state index contributed by atoms with van der Waals surface area (Å²) in [6.07, 6.45) is 5.85. The van der Waals surface area contributed by atoms with Gasteiger partial charge < -0.3 is 10.6 Å². The second kappa shape index (κ2) is 9.80. The predicted octanol–water partition coefficient (Wildman–Crippen LogP) is 3.83. The maximum Gasteiger partial charge on any atom is 0.223 e. The van der Waals surface area contributed by atoms with Crippen LogP contribution in [-0.2, 0) is 4.79 Å². The highest BCUT2D eigenvalue weighted by Gasteiger charge is 2.57. The molecule has 2 N–H and O–H groups in total. The van der Waals surface area contributed by atoms with E-state index < -0.39 is 0 Å². The van der Waals surface area contributed by atoms with Crippen molar-refractivity contribution in [1.82, 2.24) is 15.5 Å². The van der Waals surface area contributed by atoms with Crippen molar-refractivity contribution in [3.05, 3.63) is 34.9 Å². The van der Waals surface area contributed by atoms with Crippen LogP contribution < -0.4 is 10.6 Å². The Labute approximate surface area is 179 Å². The molecule has 0 bridgehead atoms. The Morgan fingerprint density at radius 2 is 1.96 bits per heavy atom. The van der Waals surface area contributed by atoms with E-state index in [1.165, 1.54) is 18.4 Å².